The van der Waals surface area contributed by atoms with Gasteiger partial charge in [0, 0.05) is 49.8 Å². The van der Waals surface area contributed by atoms with Crippen LogP contribution in [0.3, 0.4) is 0 Å². The second-order valence-corrected chi connectivity index (χ2v) is 11.7. The van der Waals surface area contributed by atoms with Gasteiger partial charge in [-0.25, -0.2) is 0 Å². The van der Waals surface area contributed by atoms with Gasteiger partial charge < -0.3 is 9.13 Å². The zero-order chi connectivity index (χ0) is 28.2. The van der Waals surface area contributed by atoms with E-state index < -0.39 is 0 Å². The quantitative estimate of drug-likeness (QED) is 0.0924. The minimum absolute atomic E-state index is 0.0756. The highest BCUT2D eigenvalue weighted by atomic mass is 32.2. The normalized spacial score (nSPS) is 11.2. The lowest BCUT2D eigenvalue weighted by Gasteiger charge is -2.14. The number of rotatable bonds is 15. The lowest BCUT2D eigenvalue weighted by atomic mass is 10.0. The summed E-state index contributed by atoms with van der Waals surface area (Å²) in [4.78, 5) is 29.5. The Labute approximate surface area is 242 Å². The number of benzene rings is 2. The van der Waals surface area contributed by atoms with Gasteiger partial charge >= 0.3 is 0 Å². The van der Waals surface area contributed by atoms with E-state index in [2.05, 4.69) is 65.0 Å². The largest absolute Gasteiger partial charge is 0.327 e. The van der Waals surface area contributed by atoms with Crippen LogP contribution in [0.4, 0.5) is 0 Å². The van der Waals surface area contributed by atoms with Gasteiger partial charge in [-0.2, -0.15) is 4.98 Å². The van der Waals surface area contributed by atoms with Gasteiger partial charge in [-0.3, -0.25) is 9.59 Å². The van der Waals surface area contributed by atoms with Crippen LogP contribution in [0.5, 0.6) is 0 Å². The number of nitrogens with zero attached hydrogens (tertiary/aromatic N) is 3. The summed E-state index contributed by atoms with van der Waals surface area (Å²) in [6.45, 7) is 2.89. The second kappa shape index (κ2) is 15.4. The van der Waals surface area contributed by atoms with Crippen LogP contribution in [0.25, 0.3) is 0 Å². The molecule has 0 atom stereocenters. The van der Waals surface area contributed by atoms with E-state index in [0.717, 1.165) is 35.9 Å². The third kappa shape index (κ3) is 9.37. The van der Waals surface area contributed by atoms with E-state index in [9.17, 15) is 9.59 Å². The molecule has 0 bridgehead atoms. The van der Waals surface area contributed by atoms with Crippen LogP contribution < -0.4 is 11.1 Å². The molecule has 0 fully saturated rings. The topological polar surface area (TPSA) is 56.9 Å². The fourth-order valence-electron chi connectivity index (χ4n) is 4.79. The van der Waals surface area contributed by atoms with Crippen molar-refractivity contribution in [1.82, 2.24) is 14.1 Å². The fraction of sp³-hybridized carbons (Fsp3) is 0.382. The van der Waals surface area contributed by atoms with Crippen molar-refractivity contribution in [2.24, 2.45) is 7.05 Å². The number of hydrogen-bond donors (Lipinski definition) is 0. The van der Waals surface area contributed by atoms with Gasteiger partial charge in [0.05, 0.1) is 0 Å². The average molecular weight is 556 g/mol. The number of hydrogen-bond acceptors (Lipinski definition) is 4. The van der Waals surface area contributed by atoms with Crippen LogP contribution in [0.2, 0.25) is 0 Å². The molecule has 210 valence electrons. The lowest BCUT2D eigenvalue weighted by molar-refractivity contribution is 0.592. The number of thioether (sulfide) groups is 1. The molecule has 40 heavy (non-hydrogen) atoms. The van der Waals surface area contributed by atoms with Gasteiger partial charge in [0.2, 0.25) is 0 Å². The zero-order valence-corrected chi connectivity index (χ0v) is 24.7. The Bertz CT molecular complexity index is 1460. The molecule has 0 aliphatic carbocycles. The first-order chi connectivity index (χ1) is 19.5. The van der Waals surface area contributed by atoms with Gasteiger partial charge in [0.25, 0.3) is 11.1 Å². The molecule has 0 saturated carbocycles. The molecule has 0 N–H and O–H groups in total. The van der Waals surface area contributed by atoms with E-state index in [4.69, 9.17) is 0 Å². The van der Waals surface area contributed by atoms with Crippen LogP contribution in [-0.2, 0) is 32.9 Å². The highest BCUT2D eigenvalue weighted by molar-refractivity contribution is 7.99. The summed E-state index contributed by atoms with van der Waals surface area (Å²) in [5, 5.41) is 0.784. The third-order valence-electron chi connectivity index (χ3n) is 7.29. The third-order valence-corrected chi connectivity index (χ3v) is 8.37. The summed E-state index contributed by atoms with van der Waals surface area (Å²) in [5.74, 6) is 0.954. The van der Waals surface area contributed by atoms with E-state index >= 15 is 0 Å². The van der Waals surface area contributed by atoms with Crippen LogP contribution in [0.1, 0.15) is 66.3 Å². The summed E-state index contributed by atoms with van der Waals surface area (Å²) < 4.78 is 3.66. The molecule has 2 heterocycles. The van der Waals surface area contributed by atoms with Crippen molar-refractivity contribution in [3.8, 4) is 0 Å². The maximum absolute atomic E-state index is 13.0. The predicted molar refractivity (Wildman–Crippen MR) is 166 cm³/mol. The molecule has 4 rings (SSSR count). The average Bonchev–Trinajstić information content (AvgIpc) is 2.96. The molecule has 0 unspecified atom stereocenters. The van der Waals surface area contributed by atoms with Crippen molar-refractivity contribution in [2.45, 2.75) is 76.4 Å². The Kier molecular flexibility index (Phi) is 11.4. The molecule has 0 aliphatic rings. The number of pyridine rings is 1. The zero-order valence-electron chi connectivity index (χ0n) is 23.9. The number of aryl methyl sites for hydroxylation is 5. The SMILES string of the molecule is Cc1ccc(CCCCCCCCSc2nc(=O)c(Cc3ccn(C)c(=O)c3)cn2CCc2ccccc2)cc1. The van der Waals surface area contributed by atoms with Crippen molar-refractivity contribution in [3.63, 3.8) is 0 Å². The summed E-state index contributed by atoms with van der Waals surface area (Å²) in [6, 6.07) is 22.8. The van der Waals surface area contributed by atoms with Gasteiger partial charge in [-0.15, -0.1) is 0 Å². The first-order valence-corrected chi connectivity index (χ1v) is 15.4. The Morgan fingerprint density at radius 1 is 0.775 bits per heavy atom. The number of unbranched alkanes of at least 4 members (excludes halogenated alkanes) is 5. The van der Waals surface area contributed by atoms with Gasteiger partial charge in [-0.1, -0.05) is 97.6 Å². The van der Waals surface area contributed by atoms with Crippen molar-refractivity contribution in [1.29, 1.82) is 0 Å². The fourth-order valence-corrected chi connectivity index (χ4v) is 5.78. The van der Waals surface area contributed by atoms with Gasteiger partial charge in [0.1, 0.15) is 0 Å². The van der Waals surface area contributed by atoms with E-state index in [1.165, 1.54) is 59.8 Å². The van der Waals surface area contributed by atoms with E-state index in [-0.39, 0.29) is 11.1 Å². The first-order valence-electron chi connectivity index (χ1n) is 14.5. The minimum atomic E-state index is -0.201. The van der Waals surface area contributed by atoms with Crippen LogP contribution in [0, 0.1) is 6.92 Å². The Morgan fingerprint density at radius 2 is 1.48 bits per heavy atom. The molecule has 2 aromatic carbocycles. The van der Waals surface area contributed by atoms with Crippen molar-refractivity contribution < 1.29 is 0 Å². The van der Waals surface area contributed by atoms with Crippen LogP contribution in [-0.4, -0.2) is 19.9 Å². The summed E-state index contributed by atoms with van der Waals surface area (Å²) in [6.07, 6.45) is 13.5. The second-order valence-electron chi connectivity index (χ2n) is 10.6. The predicted octanol–water partition coefficient (Wildman–Crippen LogP) is 6.76. The summed E-state index contributed by atoms with van der Waals surface area (Å²) in [7, 11) is 1.73. The molecule has 6 heteroatoms. The van der Waals surface area contributed by atoms with E-state index in [1.807, 2.05) is 18.3 Å². The standard InChI is InChI=1S/C34H41N3O2S/c1-27-15-17-29(18-16-27)14-8-5-3-4-6-11-23-40-34-35-33(39)31(24-30-19-21-36(2)32(38)25-30)26-37(34)22-20-28-12-9-7-10-13-28/h7,9-10,12-13,15-19,21,25-26H,3-6,8,11,14,20,22-24H2,1-2H3. The van der Waals surface area contributed by atoms with Crippen molar-refractivity contribution in [3.05, 3.63) is 128 Å². The van der Waals surface area contributed by atoms with E-state index in [0.29, 0.717) is 12.0 Å². The first kappa shape index (κ1) is 29.6. The monoisotopic (exact) mass is 555 g/mol. The van der Waals surface area contributed by atoms with Crippen LogP contribution >= 0.6 is 11.8 Å². The molecule has 5 nitrogen and oxygen atoms in total. The Hall–Kier alpha value is -3.38. The maximum Gasteiger partial charge on any atom is 0.277 e. The molecule has 4 aromatic rings. The number of aromatic nitrogens is 3. The molecule has 0 radical (unpaired) electrons. The Morgan fingerprint density at radius 3 is 2.23 bits per heavy atom. The molecular formula is C34H41N3O2S. The lowest BCUT2D eigenvalue weighted by Crippen LogP contribution is -2.21. The van der Waals surface area contributed by atoms with Crippen LogP contribution in [0.15, 0.2) is 93.9 Å². The summed E-state index contributed by atoms with van der Waals surface area (Å²) in [5.41, 5.74) is 5.19. The highest BCUT2D eigenvalue weighted by Crippen LogP contribution is 2.19. The molecule has 0 aliphatic heterocycles. The molecule has 0 amide bonds. The highest BCUT2D eigenvalue weighted by Gasteiger charge is 2.11. The minimum Gasteiger partial charge on any atom is -0.327 e. The van der Waals surface area contributed by atoms with Gasteiger partial charge in [-0.05, 0) is 55.4 Å². The molecule has 2 aromatic heterocycles. The van der Waals surface area contributed by atoms with E-state index in [1.54, 1.807) is 31.1 Å². The molecule has 0 spiro atoms. The molecular weight excluding hydrogens is 514 g/mol. The van der Waals surface area contributed by atoms with Gasteiger partial charge in [0.15, 0.2) is 5.16 Å². The van der Waals surface area contributed by atoms with Crippen molar-refractivity contribution in [2.75, 3.05) is 5.75 Å². The smallest absolute Gasteiger partial charge is 0.277 e. The maximum atomic E-state index is 13.0. The summed E-state index contributed by atoms with van der Waals surface area (Å²) >= 11 is 1.68. The Balaban J connectivity index is 1.29. The molecule has 0 saturated heterocycles. The van der Waals surface area contributed by atoms with Crippen molar-refractivity contribution >= 4 is 11.8 Å².